The monoisotopic (exact) mass is 507 g/mol. The summed E-state index contributed by atoms with van der Waals surface area (Å²) < 4.78 is 10.6. The van der Waals surface area contributed by atoms with Gasteiger partial charge in [-0.3, -0.25) is 0 Å². The number of rotatable bonds is 6. The van der Waals surface area contributed by atoms with Gasteiger partial charge in [-0.15, -0.1) is 24.0 Å². The number of aliphatic imine (C=N–C) groups is 1. The number of guanidine groups is 1. The molecule has 0 fully saturated rings. The molecule has 0 saturated heterocycles. The number of aromatic nitrogens is 1. The number of anilines is 2. The quantitative estimate of drug-likeness (QED) is 0.300. The van der Waals surface area contributed by atoms with E-state index in [2.05, 4.69) is 15.3 Å². The van der Waals surface area contributed by atoms with E-state index >= 15 is 0 Å². The highest BCUT2D eigenvalue weighted by molar-refractivity contribution is 14.0. The summed E-state index contributed by atoms with van der Waals surface area (Å²) >= 11 is 0. The second-order valence-corrected chi connectivity index (χ2v) is 6.44. The topological polar surface area (TPSA) is 85.0 Å². The van der Waals surface area contributed by atoms with E-state index in [9.17, 15) is 0 Å². The maximum Gasteiger partial charge on any atom is 0.193 e. The second kappa shape index (κ2) is 10.1. The Hall–Kier alpha value is -2.75. The summed E-state index contributed by atoms with van der Waals surface area (Å²) in [6.07, 6.45) is 0. The van der Waals surface area contributed by atoms with Crippen LogP contribution in [0.5, 0.6) is 11.5 Å². The van der Waals surface area contributed by atoms with E-state index in [-0.39, 0.29) is 24.0 Å². The van der Waals surface area contributed by atoms with Gasteiger partial charge in [-0.1, -0.05) is 18.2 Å². The molecular formula is C21H26IN5O2. The predicted molar refractivity (Wildman–Crippen MR) is 130 cm³/mol. The highest BCUT2D eigenvalue weighted by Gasteiger charge is 2.09. The molecule has 3 rings (SSSR count). The molecule has 0 atom stereocenters. The van der Waals surface area contributed by atoms with Crippen molar-refractivity contribution >= 4 is 52.3 Å². The predicted octanol–water partition coefficient (Wildman–Crippen LogP) is 3.86. The molecule has 0 radical (unpaired) electrons. The van der Waals surface area contributed by atoms with E-state index in [1.807, 2.05) is 67.5 Å². The fourth-order valence-corrected chi connectivity index (χ4v) is 2.85. The lowest BCUT2D eigenvalue weighted by atomic mass is 10.1. The van der Waals surface area contributed by atoms with Crippen molar-refractivity contribution in [1.29, 1.82) is 0 Å². The lowest BCUT2D eigenvalue weighted by Gasteiger charge is -2.15. The van der Waals surface area contributed by atoms with Crippen LogP contribution in [0.1, 0.15) is 5.56 Å². The van der Waals surface area contributed by atoms with Gasteiger partial charge < -0.3 is 25.4 Å². The smallest absolute Gasteiger partial charge is 0.193 e. The van der Waals surface area contributed by atoms with Crippen LogP contribution in [0.15, 0.2) is 53.5 Å². The number of hydrogen-bond acceptors (Lipinski definition) is 5. The van der Waals surface area contributed by atoms with Crippen LogP contribution >= 0.6 is 24.0 Å². The number of para-hydroxylation sites is 1. The Morgan fingerprint density at radius 1 is 1.10 bits per heavy atom. The van der Waals surface area contributed by atoms with Gasteiger partial charge in [-0.25, -0.2) is 9.98 Å². The van der Waals surface area contributed by atoms with E-state index in [1.165, 1.54) is 0 Å². The molecule has 7 nitrogen and oxygen atoms in total. The third kappa shape index (κ3) is 5.41. The summed E-state index contributed by atoms with van der Waals surface area (Å²) in [6.45, 7) is 0.426. The van der Waals surface area contributed by atoms with E-state index in [0.717, 1.165) is 22.3 Å². The van der Waals surface area contributed by atoms with Crippen LogP contribution in [0.4, 0.5) is 11.5 Å². The Bertz CT molecular complexity index is 1010. The minimum atomic E-state index is 0. The van der Waals surface area contributed by atoms with Crippen molar-refractivity contribution in [3.63, 3.8) is 0 Å². The van der Waals surface area contributed by atoms with E-state index in [4.69, 9.17) is 15.2 Å². The first-order valence-electron chi connectivity index (χ1n) is 8.86. The van der Waals surface area contributed by atoms with Gasteiger partial charge >= 0.3 is 0 Å². The van der Waals surface area contributed by atoms with Crippen LogP contribution in [0, 0.1) is 0 Å². The first-order chi connectivity index (χ1) is 13.5. The number of halogens is 1. The number of ether oxygens (including phenoxy) is 2. The van der Waals surface area contributed by atoms with Gasteiger partial charge in [0.25, 0.3) is 0 Å². The van der Waals surface area contributed by atoms with Gasteiger partial charge in [0.05, 0.1) is 32.0 Å². The summed E-state index contributed by atoms with van der Waals surface area (Å²) in [5, 5.41) is 4.15. The molecule has 3 aromatic rings. The van der Waals surface area contributed by atoms with Crippen molar-refractivity contribution in [2.24, 2.45) is 10.7 Å². The zero-order chi connectivity index (χ0) is 20.1. The third-order valence-electron chi connectivity index (χ3n) is 4.34. The van der Waals surface area contributed by atoms with Crippen LogP contribution in [0.25, 0.3) is 10.9 Å². The lowest BCUT2D eigenvalue weighted by Crippen LogP contribution is -2.23. The Balaban J connectivity index is 0.00000300. The number of nitrogens with one attached hydrogen (secondary N) is 1. The lowest BCUT2D eigenvalue weighted by molar-refractivity contribution is 0.405. The Labute approximate surface area is 187 Å². The summed E-state index contributed by atoms with van der Waals surface area (Å²) in [6, 6.07) is 15.5. The Kier molecular flexibility index (Phi) is 7.89. The number of nitrogens with zero attached hydrogens (tertiary/aromatic N) is 3. The third-order valence-corrected chi connectivity index (χ3v) is 4.34. The van der Waals surface area contributed by atoms with Crippen molar-refractivity contribution in [2.75, 3.05) is 38.5 Å². The first-order valence-corrected chi connectivity index (χ1v) is 8.86. The first kappa shape index (κ1) is 22.5. The maximum atomic E-state index is 6.13. The highest BCUT2D eigenvalue weighted by Crippen LogP contribution is 2.29. The molecule has 0 spiro atoms. The molecule has 154 valence electrons. The molecule has 8 heteroatoms. The molecular weight excluding hydrogens is 481 g/mol. The standard InChI is InChI=1S/C21H25N5O2.HI/c1-26(2)20-11-14(16-7-5-6-8-17(16)24-20)13-23-21(22)25-18-12-15(27-3)9-10-19(18)28-4;/h5-12H,13H2,1-4H3,(H3,22,23,25);1H. The average Bonchev–Trinajstić information content (AvgIpc) is 2.71. The molecule has 0 unspecified atom stereocenters. The van der Waals surface area contributed by atoms with Crippen LogP contribution < -0.4 is 25.4 Å². The molecule has 2 aromatic carbocycles. The van der Waals surface area contributed by atoms with Crippen LogP contribution in [0.2, 0.25) is 0 Å². The minimum absolute atomic E-state index is 0. The maximum absolute atomic E-state index is 6.13. The van der Waals surface area contributed by atoms with Gasteiger partial charge in [-0.2, -0.15) is 0 Å². The van der Waals surface area contributed by atoms with Crippen LogP contribution in [0.3, 0.4) is 0 Å². The summed E-state index contributed by atoms with van der Waals surface area (Å²) in [5.41, 5.74) is 8.80. The Morgan fingerprint density at radius 2 is 1.86 bits per heavy atom. The van der Waals surface area contributed by atoms with Crippen molar-refractivity contribution in [3.05, 3.63) is 54.1 Å². The zero-order valence-electron chi connectivity index (χ0n) is 17.0. The van der Waals surface area contributed by atoms with Crippen molar-refractivity contribution < 1.29 is 9.47 Å². The second-order valence-electron chi connectivity index (χ2n) is 6.44. The summed E-state index contributed by atoms with van der Waals surface area (Å²) in [4.78, 5) is 11.2. The van der Waals surface area contributed by atoms with Gasteiger partial charge in [0.15, 0.2) is 5.96 Å². The van der Waals surface area contributed by atoms with Crippen molar-refractivity contribution in [2.45, 2.75) is 6.54 Å². The normalized spacial score (nSPS) is 11.0. The fraction of sp³-hybridized carbons (Fsp3) is 0.238. The average molecular weight is 507 g/mol. The number of hydrogen-bond donors (Lipinski definition) is 2. The van der Waals surface area contributed by atoms with E-state index in [0.29, 0.717) is 29.7 Å². The molecule has 0 saturated carbocycles. The number of nitrogens with two attached hydrogens (primary N) is 1. The largest absolute Gasteiger partial charge is 0.497 e. The minimum Gasteiger partial charge on any atom is -0.497 e. The number of pyridine rings is 1. The van der Waals surface area contributed by atoms with Gasteiger partial charge in [0, 0.05) is 25.5 Å². The molecule has 29 heavy (non-hydrogen) atoms. The molecule has 0 aliphatic carbocycles. The number of fused-ring (bicyclic) bond motifs is 1. The molecule has 1 aromatic heterocycles. The zero-order valence-corrected chi connectivity index (χ0v) is 19.3. The molecule has 0 bridgehead atoms. The summed E-state index contributed by atoms with van der Waals surface area (Å²) in [5.74, 6) is 2.53. The van der Waals surface area contributed by atoms with Crippen LogP contribution in [-0.2, 0) is 6.54 Å². The summed E-state index contributed by atoms with van der Waals surface area (Å²) in [7, 11) is 7.15. The van der Waals surface area contributed by atoms with Crippen molar-refractivity contribution in [1.82, 2.24) is 4.98 Å². The van der Waals surface area contributed by atoms with E-state index < -0.39 is 0 Å². The van der Waals surface area contributed by atoms with Gasteiger partial charge in [0.2, 0.25) is 0 Å². The van der Waals surface area contributed by atoms with Crippen molar-refractivity contribution in [3.8, 4) is 11.5 Å². The molecule has 1 heterocycles. The molecule has 0 aliphatic heterocycles. The van der Waals surface area contributed by atoms with Gasteiger partial charge in [0.1, 0.15) is 17.3 Å². The SMILES string of the molecule is COc1ccc(OC)c(NC(N)=NCc2cc(N(C)C)nc3ccccc23)c1.I. The molecule has 0 amide bonds. The van der Waals surface area contributed by atoms with Crippen LogP contribution in [-0.4, -0.2) is 39.3 Å². The van der Waals surface area contributed by atoms with E-state index in [1.54, 1.807) is 14.2 Å². The molecule has 0 aliphatic rings. The number of benzene rings is 2. The van der Waals surface area contributed by atoms with Gasteiger partial charge in [-0.05, 0) is 29.8 Å². The highest BCUT2D eigenvalue weighted by atomic mass is 127. The Morgan fingerprint density at radius 3 is 2.55 bits per heavy atom. The number of methoxy groups -OCH3 is 2. The fourth-order valence-electron chi connectivity index (χ4n) is 2.85. The molecule has 3 N–H and O–H groups in total.